The first-order chi connectivity index (χ1) is 9.29. The van der Waals surface area contributed by atoms with Gasteiger partial charge in [0.15, 0.2) is 0 Å². The lowest BCUT2D eigenvalue weighted by molar-refractivity contribution is -0.228. The highest BCUT2D eigenvalue weighted by Crippen LogP contribution is 2.18. The average Bonchev–Trinajstić information content (AvgIpc) is 2.42. The van der Waals surface area contributed by atoms with E-state index in [-0.39, 0.29) is 18.7 Å². The molecule has 1 aromatic rings. The first kappa shape index (κ1) is 16.0. The molecule has 8 heteroatoms. The summed E-state index contributed by atoms with van der Waals surface area (Å²) in [5, 5.41) is 0.353. The number of halogens is 3. The van der Waals surface area contributed by atoms with Crippen molar-refractivity contribution in [2.75, 3.05) is 6.54 Å². The van der Waals surface area contributed by atoms with Crippen LogP contribution in [0.3, 0.4) is 0 Å². The van der Waals surface area contributed by atoms with Crippen LogP contribution in [-0.4, -0.2) is 29.7 Å². The lowest BCUT2D eigenvalue weighted by Gasteiger charge is -2.20. The van der Waals surface area contributed by atoms with Gasteiger partial charge in [0.1, 0.15) is 0 Å². The number of benzene rings is 1. The Morgan fingerprint density at radius 2 is 2.00 bits per heavy atom. The molecule has 0 aliphatic rings. The lowest BCUT2D eigenvalue weighted by atomic mass is 10.1. The van der Waals surface area contributed by atoms with Gasteiger partial charge in [-0.3, -0.25) is 4.79 Å². The second-order valence-corrected chi connectivity index (χ2v) is 3.78. The number of hydroxylamine groups is 2. The molecule has 0 atom stereocenters. The summed E-state index contributed by atoms with van der Waals surface area (Å²) in [4.78, 5) is 26.7. The molecule has 0 radical (unpaired) electrons. The van der Waals surface area contributed by atoms with Crippen LogP contribution in [0.25, 0.3) is 0 Å². The SMILES string of the molecule is CCN(OC(=O)C(F)(F)F)C(=O)c1cccc(CN)c1. The van der Waals surface area contributed by atoms with E-state index in [0.29, 0.717) is 10.6 Å². The van der Waals surface area contributed by atoms with E-state index in [4.69, 9.17) is 5.73 Å². The predicted octanol–water partition coefficient (Wildman–Crippen LogP) is 1.63. The zero-order valence-electron chi connectivity index (χ0n) is 10.6. The maximum absolute atomic E-state index is 12.1. The number of rotatable bonds is 3. The highest BCUT2D eigenvalue weighted by atomic mass is 19.4. The molecule has 0 saturated carbocycles. The fourth-order valence-electron chi connectivity index (χ4n) is 1.38. The lowest BCUT2D eigenvalue weighted by Crippen LogP contribution is -2.38. The molecule has 0 fully saturated rings. The first-order valence-corrected chi connectivity index (χ1v) is 5.69. The number of amides is 1. The fourth-order valence-corrected chi connectivity index (χ4v) is 1.38. The van der Waals surface area contributed by atoms with Crippen LogP contribution in [0.15, 0.2) is 24.3 Å². The number of carbonyl (C=O) groups is 2. The van der Waals surface area contributed by atoms with Gasteiger partial charge in [-0.25, -0.2) is 4.79 Å². The number of nitrogens with two attached hydrogens (primary N) is 1. The molecule has 2 N–H and O–H groups in total. The normalized spacial score (nSPS) is 11.1. The maximum atomic E-state index is 12.1. The van der Waals surface area contributed by atoms with E-state index < -0.39 is 18.1 Å². The van der Waals surface area contributed by atoms with Crippen LogP contribution in [0.5, 0.6) is 0 Å². The zero-order chi connectivity index (χ0) is 15.3. The number of alkyl halides is 3. The Morgan fingerprint density at radius 1 is 1.35 bits per heavy atom. The van der Waals surface area contributed by atoms with Gasteiger partial charge in [-0.05, 0) is 24.6 Å². The van der Waals surface area contributed by atoms with Crippen LogP contribution in [0.2, 0.25) is 0 Å². The van der Waals surface area contributed by atoms with E-state index in [2.05, 4.69) is 4.84 Å². The van der Waals surface area contributed by atoms with Gasteiger partial charge in [0, 0.05) is 12.1 Å². The second-order valence-electron chi connectivity index (χ2n) is 3.78. The van der Waals surface area contributed by atoms with Crippen LogP contribution in [-0.2, 0) is 16.2 Å². The number of carbonyl (C=O) groups excluding carboxylic acids is 2. The van der Waals surface area contributed by atoms with Crippen molar-refractivity contribution >= 4 is 11.9 Å². The highest BCUT2D eigenvalue weighted by Gasteiger charge is 2.43. The highest BCUT2D eigenvalue weighted by molar-refractivity contribution is 5.94. The Kier molecular flexibility index (Phi) is 5.09. The van der Waals surface area contributed by atoms with Gasteiger partial charge in [0.05, 0.1) is 6.54 Å². The van der Waals surface area contributed by atoms with E-state index in [0.717, 1.165) is 0 Å². The maximum Gasteiger partial charge on any atom is 0.493 e. The van der Waals surface area contributed by atoms with E-state index >= 15 is 0 Å². The molecular weight excluding hydrogens is 277 g/mol. The largest absolute Gasteiger partial charge is 0.493 e. The molecule has 0 spiro atoms. The monoisotopic (exact) mass is 290 g/mol. The number of hydrogen-bond acceptors (Lipinski definition) is 4. The molecule has 0 heterocycles. The summed E-state index contributed by atoms with van der Waals surface area (Å²) in [5.41, 5.74) is 6.13. The van der Waals surface area contributed by atoms with Crippen molar-refractivity contribution in [1.82, 2.24) is 5.06 Å². The van der Waals surface area contributed by atoms with Gasteiger partial charge in [-0.2, -0.15) is 18.2 Å². The summed E-state index contributed by atoms with van der Waals surface area (Å²) < 4.78 is 36.3. The second kappa shape index (κ2) is 6.38. The summed E-state index contributed by atoms with van der Waals surface area (Å²) in [7, 11) is 0. The van der Waals surface area contributed by atoms with Crippen molar-refractivity contribution in [3.05, 3.63) is 35.4 Å². The summed E-state index contributed by atoms with van der Waals surface area (Å²) in [6.45, 7) is 1.34. The van der Waals surface area contributed by atoms with Gasteiger partial charge in [0.2, 0.25) is 0 Å². The molecule has 0 saturated heterocycles. The van der Waals surface area contributed by atoms with Crippen molar-refractivity contribution in [3.8, 4) is 0 Å². The Balaban J connectivity index is 2.89. The van der Waals surface area contributed by atoms with Crippen LogP contribution in [0.1, 0.15) is 22.8 Å². The smallest absolute Gasteiger partial charge is 0.329 e. The van der Waals surface area contributed by atoms with Crippen LogP contribution >= 0.6 is 0 Å². The first-order valence-electron chi connectivity index (χ1n) is 5.69. The molecule has 1 rings (SSSR count). The molecule has 0 aliphatic heterocycles. The Bertz CT molecular complexity index is 503. The molecule has 5 nitrogen and oxygen atoms in total. The quantitative estimate of drug-likeness (QED) is 0.859. The molecule has 0 unspecified atom stereocenters. The van der Waals surface area contributed by atoms with Crippen molar-refractivity contribution in [2.45, 2.75) is 19.6 Å². The fraction of sp³-hybridized carbons (Fsp3) is 0.333. The van der Waals surface area contributed by atoms with Gasteiger partial charge in [0.25, 0.3) is 5.91 Å². The third-order valence-electron chi connectivity index (χ3n) is 2.35. The van der Waals surface area contributed by atoms with E-state index in [1.165, 1.54) is 25.1 Å². The minimum absolute atomic E-state index is 0.0878. The molecule has 0 bridgehead atoms. The van der Waals surface area contributed by atoms with E-state index in [1.54, 1.807) is 6.07 Å². The summed E-state index contributed by atoms with van der Waals surface area (Å²) >= 11 is 0. The van der Waals surface area contributed by atoms with Crippen molar-refractivity contribution in [2.24, 2.45) is 5.73 Å². The summed E-state index contributed by atoms with van der Waals surface area (Å²) in [6.07, 6.45) is -5.16. The van der Waals surface area contributed by atoms with Crippen molar-refractivity contribution in [1.29, 1.82) is 0 Å². The molecule has 20 heavy (non-hydrogen) atoms. The minimum Gasteiger partial charge on any atom is -0.329 e. The number of hydrogen-bond donors (Lipinski definition) is 1. The van der Waals surface area contributed by atoms with Crippen LogP contribution in [0.4, 0.5) is 13.2 Å². The van der Waals surface area contributed by atoms with Gasteiger partial charge in [-0.15, -0.1) is 0 Å². The Morgan fingerprint density at radius 3 is 2.50 bits per heavy atom. The summed E-state index contributed by atoms with van der Waals surface area (Å²) in [6, 6.07) is 6.02. The van der Waals surface area contributed by atoms with Gasteiger partial charge in [-0.1, -0.05) is 12.1 Å². The topological polar surface area (TPSA) is 72.6 Å². The minimum atomic E-state index is -5.16. The van der Waals surface area contributed by atoms with Crippen molar-refractivity contribution < 1.29 is 27.6 Å². The third-order valence-corrected chi connectivity index (χ3v) is 2.35. The molecule has 0 aliphatic carbocycles. The van der Waals surface area contributed by atoms with Gasteiger partial charge >= 0.3 is 12.1 Å². The molecule has 110 valence electrons. The number of nitrogens with zero attached hydrogens (tertiary/aromatic N) is 1. The average molecular weight is 290 g/mol. The molecule has 0 aromatic heterocycles. The van der Waals surface area contributed by atoms with E-state index in [9.17, 15) is 22.8 Å². The zero-order valence-corrected chi connectivity index (χ0v) is 10.6. The Labute approximate surface area is 113 Å². The summed E-state index contributed by atoms with van der Waals surface area (Å²) in [5.74, 6) is -3.29. The third kappa shape index (κ3) is 3.95. The van der Waals surface area contributed by atoms with Crippen LogP contribution in [0, 0.1) is 0 Å². The standard InChI is InChI=1S/C12H13F3N2O3/c1-2-17(20-11(19)12(13,14)15)10(18)9-5-3-4-8(6-9)7-16/h3-6H,2,7,16H2,1H3. The predicted molar refractivity (Wildman–Crippen MR) is 63.2 cm³/mol. The Hall–Kier alpha value is -2.09. The van der Waals surface area contributed by atoms with Crippen LogP contribution < -0.4 is 5.73 Å². The van der Waals surface area contributed by atoms with Gasteiger partial charge < -0.3 is 10.6 Å². The molecule has 1 amide bonds. The molecule has 1 aromatic carbocycles. The van der Waals surface area contributed by atoms with Crippen molar-refractivity contribution in [3.63, 3.8) is 0 Å². The van der Waals surface area contributed by atoms with E-state index in [1.807, 2.05) is 0 Å². The molecular formula is C12H13F3N2O3.